The van der Waals surface area contributed by atoms with Crippen LogP contribution in [0.25, 0.3) is 0 Å². The maximum Gasteiger partial charge on any atom is 0.303 e. The Morgan fingerprint density at radius 1 is 1.11 bits per heavy atom. The summed E-state index contributed by atoms with van der Waals surface area (Å²) in [5.41, 5.74) is 0. The van der Waals surface area contributed by atoms with Crippen LogP contribution < -0.4 is 0 Å². The second kappa shape index (κ2) is 7.25. The van der Waals surface area contributed by atoms with Gasteiger partial charge < -0.3 is 14.9 Å². The highest BCUT2D eigenvalue weighted by Gasteiger charge is 2.27. The van der Waals surface area contributed by atoms with E-state index in [4.69, 9.17) is 5.11 Å². The third-order valence-electron chi connectivity index (χ3n) is 4.87. The van der Waals surface area contributed by atoms with Crippen LogP contribution in [-0.2, 0) is 4.79 Å². The van der Waals surface area contributed by atoms with Crippen molar-refractivity contribution in [2.45, 2.75) is 51.5 Å². The van der Waals surface area contributed by atoms with Crippen LogP contribution in [0.3, 0.4) is 0 Å². The first-order chi connectivity index (χ1) is 9.19. The topological polar surface area (TPSA) is 43.8 Å². The van der Waals surface area contributed by atoms with Crippen LogP contribution in [0.2, 0.25) is 0 Å². The van der Waals surface area contributed by atoms with Crippen molar-refractivity contribution in [3.63, 3.8) is 0 Å². The third-order valence-corrected chi connectivity index (χ3v) is 4.87. The Labute approximate surface area is 116 Å². The molecule has 1 atom stereocenters. The molecule has 0 aromatic heterocycles. The Hall–Kier alpha value is -0.610. The summed E-state index contributed by atoms with van der Waals surface area (Å²) in [6.45, 7) is 8.12. The van der Waals surface area contributed by atoms with Crippen LogP contribution in [0.4, 0.5) is 0 Å². The van der Waals surface area contributed by atoms with Crippen molar-refractivity contribution in [3.05, 3.63) is 0 Å². The second-order valence-electron chi connectivity index (χ2n) is 6.10. The van der Waals surface area contributed by atoms with Gasteiger partial charge in [-0.1, -0.05) is 6.92 Å². The molecule has 0 spiro atoms. The minimum Gasteiger partial charge on any atom is -0.481 e. The molecule has 2 fully saturated rings. The molecule has 1 unspecified atom stereocenters. The normalized spacial score (nSPS) is 28.2. The number of carbonyl (C=O) groups is 1. The van der Waals surface area contributed by atoms with Crippen molar-refractivity contribution < 1.29 is 9.90 Å². The molecule has 0 bridgehead atoms. The van der Waals surface area contributed by atoms with E-state index in [9.17, 15) is 4.79 Å². The lowest BCUT2D eigenvalue weighted by atomic mass is 9.92. The molecule has 2 rings (SSSR count). The van der Waals surface area contributed by atoms with E-state index in [-0.39, 0.29) is 0 Å². The zero-order valence-electron chi connectivity index (χ0n) is 12.2. The number of aliphatic carboxylic acids is 1. The molecule has 0 aliphatic carbocycles. The van der Waals surface area contributed by atoms with E-state index in [1.165, 1.54) is 38.9 Å². The van der Waals surface area contributed by atoms with Crippen molar-refractivity contribution >= 4 is 5.97 Å². The van der Waals surface area contributed by atoms with E-state index >= 15 is 0 Å². The van der Waals surface area contributed by atoms with Crippen molar-refractivity contribution in [3.8, 4) is 0 Å². The number of carboxylic acid groups (broad SMARTS) is 1. The number of nitrogens with zero attached hydrogens (tertiary/aromatic N) is 2. The summed E-state index contributed by atoms with van der Waals surface area (Å²) in [6.07, 6.45) is 6.42. The van der Waals surface area contributed by atoms with Crippen LogP contribution in [-0.4, -0.2) is 59.6 Å². The largest absolute Gasteiger partial charge is 0.481 e. The van der Waals surface area contributed by atoms with Crippen molar-refractivity contribution in [1.82, 2.24) is 9.80 Å². The van der Waals surface area contributed by atoms with Gasteiger partial charge in [0, 0.05) is 12.5 Å². The van der Waals surface area contributed by atoms with Gasteiger partial charge in [0.25, 0.3) is 0 Å². The zero-order chi connectivity index (χ0) is 13.7. The number of carboxylic acids is 1. The minimum absolute atomic E-state index is 0.363. The standard InChI is InChI=1S/C15H28N2O2/c1-2-16-8-3-4-14(7-9-16)17-10-5-13(6-11-17)12-15(18)19/h13-14H,2-12H2,1H3,(H,18,19). The summed E-state index contributed by atoms with van der Waals surface area (Å²) in [6, 6.07) is 0.738. The first-order valence-electron chi connectivity index (χ1n) is 7.87. The quantitative estimate of drug-likeness (QED) is 0.847. The van der Waals surface area contributed by atoms with Gasteiger partial charge in [-0.3, -0.25) is 4.79 Å². The molecule has 2 heterocycles. The molecule has 0 aromatic carbocycles. The molecular weight excluding hydrogens is 240 g/mol. The lowest BCUT2D eigenvalue weighted by Gasteiger charge is -2.37. The second-order valence-corrected chi connectivity index (χ2v) is 6.10. The van der Waals surface area contributed by atoms with Crippen molar-refractivity contribution in [2.24, 2.45) is 5.92 Å². The van der Waals surface area contributed by atoms with Gasteiger partial charge >= 0.3 is 5.97 Å². The summed E-state index contributed by atoms with van der Waals surface area (Å²) in [5, 5.41) is 8.85. The van der Waals surface area contributed by atoms with E-state index in [0.29, 0.717) is 12.3 Å². The van der Waals surface area contributed by atoms with Crippen LogP contribution >= 0.6 is 0 Å². The molecule has 110 valence electrons. The van der Waals surface area contributed by atoms with Crippen LogP contribution in [0.1, 0.15) is 45.4 Å². The fourth-order valence-electron chi connectivity index (χ4n) is 3.59. The zero-order valence-corrected chi connectivity index (χ0v) is 12.2. The summed E-state index contributed by atoms with van der Waals surface area (Å²) in [4.78, 5) is 15.9. The fourth-order valence-corrected chi connectivity index (χ4v) is 3.59. The lowest BCUT2D eigenvalue weighted by Crippen LogP contribution is -2.42. The minimum atomic E-state index is -0.633. The number of hydrogen-bond acceptors (Lipinski definition) is 3. The van der Waals surface area contributed by atoms with Gasteiger partial charge in [-0.05, 0) is 70.7 Å². The molecular formula is C15H28N2O2. The predicted octanol–water partition coefficient (Wildman–Crippen LogP) is 2.05. The van der Waals surface area contributed by atoms with Crippen molar-refractivity contribution in [1.29, 1.82) is 0 Å². The summed E-state index contributed by atoms with van der Waals surface area (Å²) >= 11 is 0. The van der Waals surface area contributed by atoms with Gasteiger partial charge in [-0.25, -0.2) is 0 Å². The number of rotatable bonds is 4. The van der Waals surface area contributed by atoms with E-state index in [1.807, 2.05) is 0 Å². The summed E-state index contributed by atoms with van der Waals surface area (Å²) in [5.74, 6) is -0.224. The monoisotopic (exact) mass is 268 g/mol. The maximum absolute atomic E-state index is 10.7. The third kappa shape index (κ3) is 4.46. The lowest BCUT2D eigenvalue weighted by molar-refractivity contribution is -0.138. The van der Waals surface area contributed by atoms with Crippen LogP contribution in [0.15, 0.2) is 0 Å². The molecule has 4 nitrogen and oxygen atoms in total. The highest BCUT2D eigenvalue weighted by atomic mass is 16.4. The first kappa shape index (κ1) is 14.8. The highest BCUT2D eigenvalue weighted by molar-refractivity contribution is 5.67. The molecule has 1 N–H and O–H groups in total. The fraction of sp³-hybridized carbons (Fsp3) is 0.933. The molecule has 2 aliphatic rings. The number of piperidine rings is 1. The van der Waals surface area contributed by atoms with E-state index < -0.39 is 5.97 Å². The van der Waals surface area contributed by atoms with E-state index in [1.54, 1.807) is 0 Å². The SMILES string of the molecule is CCN1CCCC(N2CCC(CC(=O)O)CC2)CC1. The van der Waals surface area contributed by atoms with Crippen LogP contribution in [0, 0.1) is 5.92 Å². The molecule has 0 radical (unpaired) electrons. The Morgan fingerprint density at radius 3 is 2.47 bits per heavy atom. The molecule has 19 heavy (non-hydrogen) atoms. The van der Waals surface area contributed by atoms with Gasteiger partial charge in [0.1, 0.15) is 0 Å². The molecule has 0 saturated carbocycles. The Bertz CT molecular complexity index is 288. The molecule has 0 aromatic rings. The van der Waals surface area contributed by atoms with Gasteiger partial charge in [-0.2, -0.15) is 0 Å². The average Bonchev–Trinajstić information content (AvgIpc) is 2.64. The van der Waals surface area contributed by atoms with Gasteiger partial charge in [0.05, 0.1) is 0 Å². The van der Waals surface area contributed by atoms with Gasteiger partial charge in [0.2, 0.25) is 0 Å². The van der Waals surface area contributed by atoms with Crippen molar-refractivity contribution in [2.75, 3.05) is 32.7 Å². The average molecular weight is 268 g/mol. The van der Waals surface area contributed by atoms with Crippen LogP contribution in [0.5, 0.6) is 0 Å². The number of likely N-dealkylation sites (tertiary alicyclic amines) is 2. The van der Waals surface area contributed by atoms with Gasteiger partial charge in [0.15, 0.2) is 0 Å². The van der Waals surface area contributed by atoms with Gasteiger partial charge in [-0.15, -0.1) is 0 Å². The summed E-state index contributed by atoms with van der Waals surface area (Å²) in [7, 11) is 0. The molecule has 0 amide bonds. The van der Waals surface area contributed by atoms with E-state index in [2.05, 4.69) is 16.7 Å². The Morgan fingerprint density at radius 2 is 1.84 bits per heavy atom. The maximum atomic E-state index is 10.7. The Kier molecular flexibility index (Phi) is 5.64. The molecule has 2 saturated heterocycles. The Balaban J connectivity index is 1.76. The highest BCUT2D eigenvalue weighted by Crippen LogP contribution is 2.25. The first-order valence-corrected chi connectivity index (χ1v) is 7.87. The molecule has 4 heteroatoms. The number of hydrogen-bond donors (Lipinski definition) is 1. The smallest absolute Gasteiger partial charge is 0.303 e. The molecule has 2 aliphatic heterocycles. The predicted molar refractivity (Wildman–Crippen MR) is 76.3 cm³/mol. The van der Waals surface area contributed by atoms with E-state index in [0.717, 1.165) is 32.0 Å². The summed E-state index contributed by atoms with van der Waals surface area (Å²) < 4.78 is 0.